The number of ether oxygens (including phenoxy) is 1. The molecule has 0 bridgehead atoms. The maximum atomic E-state index is 5.23. The van der Waals surface area contributed by atoms with Crippen molar-refractivity contribution in [3.63, 3.8) is 0 Å². The molecule has 0 spiro atoms. The average Bonchev–Trinajstić information content (AvgIpc) is 2.40. The van der Waals surface area contributed by atoms with Crippen molar-refractivity contribution in [3.8, 4) is 5.75 Å². The second-order valence-corrected chi connectivity index (χ2v) is 6.23. The van der Waals surface area contributed by atoms with Gasteiger partial charge < -0.3 is 10.1 Å². The van der Waals surface area contributed by atoms with Crippen LogP contribution in [-0.2, 0) is 0 Å². The number of benzene rings is 1. The van der Waals surface area contributed by atoms with Gasteiger partial charge in [0.25, 0.3) is 0 Å². The molecular weight excluding hydrogens is 386 g/mol. The van der Waals surface area contributed by atoms with Crippen LogP contribution in [0.3, 0.4) is 0 Å². The maximum Gasteiger partial charge on any atom is 0.135 e. The predicted octanol–water partition coefficient (Wildman–Crippen LogP) is 4.88. The van der Waals surface area contributed by atoms with E-state index in [0.717, 1.165) is 32.2 Å². The number of methoxy groups -OCH3 is 1. The SMILES string of the molecule is COc1ccc(Br)c(Nc2cc(Br)nc(C(C)C)n2)c1. The number of hydrogen-bond donors (Lipinski definition) is 1. The van der Waals surface area contributed by atoms with E-state index in [4.69, 9.17) is 4.74 Å². The highest BCUT2D eigenvalue weighted by molar-refractivity contribution is 9.10. The van der Waals surface area contributed by atoms with Gasteiger partial charge in [-0.3, -0.25) is 0 Å². The molecule has 0 atom stereocenters. The van der Waals surface area contributed by atoms with Crippen molar-refractivity contribution in [1.82, 2.24) is 9.97 Å². The number of aromatic nitrogens is 2. The predicted molar refractivity (Wildman–Crippen MR) is 87.8 cm³/mol. The van der Waals surface area contributed by atoms with Gasteiger partial charge in [0, 0.05) is 22.5 Å². The molecule has 0 aliphatic heterocycles. The standard InChI is InChI=1S/C14H15Br2N3O/c1-8(2)14-18-12(16)7-13(19-14)17-11-6-9(20-3)4-5-10(11)15/h4-8H,1-3H3,(H,17,18,19). The van der Waals surface area contributed by atoms with Crippen molar-refractivity contribution in [2.45, 2.75) is 19.8 Å². The van der Waals surface area contributed by atoms with E-state index in [2.05, 4.69) is 61.0 Å². The van der Waals surface area contributed by atoms with Crippen molar-refractivity contribution < 1.29 is 4.74 Å². The summed E-state index contributed by atoms with van der Waals surface area (Å²) in [5, 5.41) is 3.28. The molecule has 1 heterocycles. The van der Waals surface area contributed by atoms with Crippen LogP contribution in [0.25, 0.3) is 0 Å². The van der Waals surface area contributed by atoms with Crippen molar-refractivity contribution in [2.24, 2.45) is 0 Å². The Bertz CT molecular complexity index is 617. The third kappa shape index (κ3) is 3.70. The van der Waals surface area contributed by atoms with Crippen LogP contribution >= 0.6 is 31.9 Å². The van der Waals surface area contributed by atoms with Gasteiger partial charge in [0.15, 0.2) is 0 Å². The van der Waals surface area contributed by atoms with Gasteiger partial charge in [0.1, 0.15) is 22.0 Å². The van der Waals surface area contributed by atoms with E-state index in [0.29, 0.717) is 0 Å². The van der Waals surface area contributed by atoms with Crippen molar-refractivity contribution in [2.75, 3.05) is 12.4 Å². The Labute approximate surface area is 135 Å². The first-order valence-electron chi connectivity index (χ1n) is 6.14. The highest BCUT2D eigenvalue weighted by atomic mass is 79.9. The fraction of sp³-hybridized carbons (Fsp3) is 0.286. The highest BCUT2D eigenvalue weighted by Crippen LogP contribution is 2.30. The molecule has 6 heteroatoms. The normalized spacial score (nSPS) is 10.7. The fourth-order valence-corrected chi connectivity index (χ4v) is 2.37. The molecule has 1 aromatic carbocycles. The van der Waals surface area contributed by atoms with Crippen LogP contribution in [0, 0.1) is 0 Å². The molecule has 0 saturated carbocycles. The Morgan fingerprint density at radius 1 is 1.15 bits per heavy atom. The summed E-state index contributed by atoms with van der Waals surface area (Å²) in [5.74, 6) is 2.58. The Morgan fingerprint density at radius 3 is 2.55 bits per heavy atom. The molecule has 0 amide bonds. The lowest BCUT2D eigenvalue weighted by Gasteiger charge is -2.12. The molecular formula is C14H15Br2N3O. The number of nitrogens with one attached hydrogen (secondary N) is 1. The van der Waals surface area contributed by atoms with Crippen molar-refractivity contribution >= 4 is 43.4 Å². The van der Waals surface area contributed by atoms with E-state index in [9.17, 15) is 0 Å². The van der Waals surface area contributed by atoms with Gasteiger partial charge in [0.2, 0.25) is 0 Å². The first-order valence-corrected chi connectivity index (χ1v) is 7.73. The quantitative estimate of drug-likeness (QED) is 0.743. The number of halogens is 2. The Balaban J connectivity index is 2.34. The summed E-state index contributed by atoms with van der Waals surface area (Å²) in [4.78, 5) is 8.87. The number of rotatable bonds is 4. The van der Waals surface area contributed by atoms with Crippen LogP contribution < -0.4 is 10.1 Å². The van der Waals surface area contributed by atoms with Crippen LogP contribution in [0.4, 0.5) is 11.5 Å². The molecule has 0 aliphatic carbocycles. The summed E-state index contributed by atoms with van der Waals surface area (Å²) in [6.07, 6.45) is 0. The summed E-state index contributed by atoms with van der Waals surface area (Å²) in [6.45, 7) is 4.13. The lowest BCUT2D eigenvalue weighted by atomic mass is 10.2. The monoisotopic (exact) mass is 399 g/mol. The number of nitrogens with zero attached hydrogens (tertiary/aromatic N) is 2. The smallest absolute Gasteiger partial charge is 0.135 e. The Morgan fingerprint density at radius 2 is 1.90 bits per heavy atom. The van der Waals surface area contributed by atoms with E-state index in [1.54, 1.807) is 7.11 Å². The molecule has 0 saturated heterocycles. The Kier molecular flexibility index (Phi) is 4.99. The third-order valence-electron chi connectivity index (χ3n) is 2.66. The molecule has 106 valence electrons. The molecule has 1 N–H and O–H groups in total. The molecule has 2 rings (SSSR count). The maximum absolute atomic E-state index is 5.23. The Hall–Kier alpha value is -1.14. The minimum Gasteiger partial charge on any atom is -0.497 e. The van der Waals surface area contributed by atoms with E-state index in [1.165, 1.54) is 0 Å². The topological polar surface area (TPSA) is 47.0 Å². The summed E-state index contributed by atoms with van der Waals surface area (Å²) >= 11 is 6.92. The second-order valence-electron chi connectivity index (χ2n) is 4.56. The van der Waals surface area contributed by atoms with Crippen LogP contribution in [0.5, 0.6) is 5.75 Å². The first-order chi connectivity index (χ1) is 9.49. The van der Waals surface area contributed by atoms with Crippen LogP contribution in [0.15, 0.2) is 33.3 Å². The number of anilines is 2. The number of hydrogen-bond acceptors (Lipinski definition) is 4. The zero-order chi connectivity index (χ0) is 14.7. The van der Waals surface area contributed by atoms with Gasteiger partial charge in [-0.25, -0.2) is 9.97 Å². The zero-order valence-electron chi connectivity index (χ0n) is 11.4. The highest BCUT2D eigenvalue weighted by Gasteiger charge is 2.09. The van der Waals surface area contributed by atoms with Gasteiger partial charge >= 0.3 is 0 Å². The van der Waals surface area contributed by atoms with E-state index < -0.39 is 0 Å². The van der Waals surface area contributed by atoms with E-state index in [-0.39, 0.29) is 5.92 Å². The summed E-state index contributed by atoms with van der Waals surface area (Å²) in [6, 6.07) is 7.58. The molecule has 0 unspecified atom stereocenters. The van der Waals surface area contributed by atoms with Gasteiger partial charge in [0.05, 0.1) is 12.8 Å². The van der Waals surface area contributed by atoms with Gasteiger partial charge in [-0.05, 0) is 44.0 Å². The minimum atomic E-state index is 0.266. The first kappa shape index (κ1) is 15.3. The lowest BCUT2D eigenvalue weighted by Crippen LogP contribution is -2.02. The van der Waals surface area contributed by atoms with Crippen LogP contribution in [0.1, 0.15) is 25.6 Å². The minimum absolute atomic E-state index is 0.266. The zero-order valence-corrected chi connectivity index (χ0v) is 14.6. The summed E-state index contributed by atoms with van der Waals surface area (Å²) in [7, 11) is 1.64. The van der Waals surface area contributed by atoms with Crippen LogP contribution in [0.2, 0.25) is 0 Å². The van der Waals surface area contributed by atoms with E-state index >= 15 is 0 Å². The van der Waals surface area contributed by atoms with Gasteiger partial charge in [-0.1, -0.05) is 13.8 Å². The largest absolute Gasteiger partial charge is 0.497 e. The molecule has 2 aromatic rings. The van der Waals surface area contributed by atoms with Crippen LogP contribution in [-0.4, -0.2) is 17.1 Å². The summed E-state index contributed by atoms with van der Waals surface area (Å²) in [5.41, 5.74) is 0.893. The lowest BCUT2D eigenvalue weighted by molar-refractivity contribution is 0.415. The fourth-order valence-electron chi connectivity index (χ4n) is 1.62. The second kappa shape index (κ2) is 6.54. The summed E-state index contributed by atoms with van der Waals surface area (Å²) < 4.78 is 6.94. The molecule has 0 fully saturated rings. The van der Waals surface area contributed by atoms with E-state index in [1.807, 2.05) is 24.3 Å². The van der Waals surface area contributed by atoms with Crippen molar-refractivity contribution in [1.29, 1.82) is 0 Å². The van der Waals surface area contributed by atoms with Gasteiger partial charge in [-0.2, -0.15) is 0 Å². The average molecular weight is 401 g/mol. The third-order valence-corrected chi connectivity index (χ3v) is 3.76. The molecule has 20 heavy (non-hydrogen) atoms. The van der Waals surface area contributed by atoms with Gasteiger partial charge in [-0.15, -0.1) is 0 Å². The molecule has 0 radical (unpaired) electrons. The molecule has 4 nitrogen and oxygen atoms in total. The molecule has 0 aliphatic rings. The molecule has 1 aromatic heterocycles. The van der Waals surface area contributed by atoms with Crippen molar-refractivity contribution in [3.05, 3.63) is 39.2 Å².